The second-order valence-electron chi connectivity index (χ2n) is 9.82. The first-order chi connectivity index (χ1) is 20.6. The van der Waals surface area contributed by atoms with E-state index in [0.29, 0.717) is 11.4 Å². The molecule has 0 saturated heterocycles. The van der Waals surface area contributed by atoms with E-state index in [2.05, 4.69) is 37.2 Å². The molecule has 2 atom stereocenters. The highest BCUT2D eigenvalue weighted by Gasteiger charge is 2.64. The van der Waals surface area contributed by atoms with E-state index < -0.39 is 23.9 Å². The van der Waals surface area contributed by atoms with Crippen LogP contribution in [0, 0.1) is 0 Å². The molecule has 0 aliphatic rings. The summed E-state index contributed by atoms with van der Waals surface area (Å²) in [4.78, 5) is 13.7. The van der Waals surface area contributed by atoms with Gasteiger partial charge in [0, 0.05) is 55.2 Å². The standard InChI is InChI=1S/C32H27Br2F3N2O4/c1-41-24-10-6-9-23(17-24)38-18-25(43-30(40)31(42-2,32(35,36)37)20-7-4-3-5-8-20)19-39-28-13-11-21(33)15-26(28)27-16-22(34)12-14-29(27)39/h3-17,25,38H,18-19H2,1-2H3. The van der Waals surface area contributed by atoms with Crippen molar-refractivity contribution in [2.24, 2.45) is 0 Å². The van der Waals surface area contributed by atoms with Crippen LogP contribution in [0.2, 0.25) is 0 Å². The lowest BCUT2D eigenvalue weighted by Gasteiger charge is -2.34. The smallest absolute Gasteiger partial charge is 0.432 e. The number of nitrogens with one attached hydrogen (secondary N) is 1. The number of carbonyl (C=O) groups excluding carboxylic acids is 1. The van der Waals surface area contributed by atoms with E-state index in [1.165, 1.54) is 31.4 Å². The lowest BCUT2D eigenvalue weighted by Crippen LogP contribution is -2.53. The predicted octanol–water partition coefficient (Wildman–Crippen LogP) is 8.46. The Morgan fingerprint density at radius 2 is 1.49 bits per heavy atom. The van der Waals surface area contributed by atoms with Crippen molar-refractivity contribution in [1.82, 2.24) is 4.57 Å². The molecule has 1 heterocycles. The topological polar surface area (TPSA) is 61.7 Å². The van der Waals surface area contributed by atoms with E-state index in [0.717, 1.165) is 37.9 Å². The van der Waals surface area contributed by atoms with Gasteiger partial charge < -0.3 is 24.1 Å². The Hall–Kier alpha value is -3.54. The highest BCUT2D eigenvalue weighted by Crippen LogP contribution is 2.43. The normalized spacial score (nSPS) is 13.9. The van der Waals surface area contributed by atoms with Crippen LogP contribution in [-0.4, -0.2) is 43.6 Å². The molecule has 0 aliphatic carbocycles. The molecule has 0 aliphatic heterocycles. The van der Waals surface area contributed by atoms with Crippen LogP contribution >= 0.6 is 31.9 Å². The van der Waals surface area contributed by atoms with Gasteiger partial charge in [-0.2, -0.15) is 13.2 Å². The minimum atomic E-state index is -5.10. The number of hydrogen-bond donors (Lipinski definition) is 1. The number of aromatic nitrogens is 1. The van der Waals surface area contributed by atoms with Crippen molar-refractivity contribution < 1.29 is 32.2 Å². The third-order valence-corrected chi connectivity index (χ3v) is 8.21. The maximum atomic E-state index is 14.7. The lowest BCUT2D eigenvalue weighted by atomic mass is 9.92. The van der Waals surface area contributed by atoms with Crippen molar-refractivity contribution in [2.75, 3.05) is 26.1 Å². The predicted molar refractivity (Wildman–Crippen MR) is 167 cm³/mol. The molecule has 0 radical (unpaired) electrons. The summed E-state index contributed by atoms with van der Waals surface area (Å²) in [5, 5.41) is 5.06. The number of anilines is 1. The van der Waals surface area contributed by atoms with Gasteiger partial charge in [0.2, 0.25) is 0 Å². The van der Waals surface area contributed by atoms with Crippen molar-refractivity contribution in [3.8, 4) is 5.75 Å². The first kappa shape index (κ1) is 30.9. The van der Waals surface area contributed by atoms with Gasteiger partial charge in [-0.3, -0.25) is 0 Å². The summed E-state index contributed by atoms with van der Waals surface area (Å²) in [5.41, 5.74) is -1.39. The molecule has 0 bridgehead atoms. The number of esters is 1. The molecule has 5 rings (SSSR count). The number of nitrogens with zero attached hydrogens (tertiary/aromatic N) is 1. The van der Waals surface area contributed by atoms with Gasteiger partial charge in [0.25, 0.3) is 5.60 Å². The molecule has 43 heavy (non-hydrogen) atoms. The summed E-state index contributed by atoms with van der Waals surface area (Å²) in [6.45, 7) is 0.0536. The number of halogens is 5. The minimum absolute atomic E-state index is 0.000425. The zero-order valence-corrected chi connectivity index (χ0v) is 26.3. The number of hydrogen-bond acceptors (Lipinski definition) is 5. The van der Waals surface area contributed by atoms with Gasteiger partial charge in [-0.15, -0.1) is 0 Å². The number of carbonyl (C=O) groups is 1. The average molecular weight is 720 g/mol. The molecule has 224 valence electrons. The van der Waals surface area contributed by atoms with Gasteiger partial charge in [0.05, 0.1) is 20.2 Å². The van der Waals surface area contributed by atoms with E-state index in [-0.39, 0.29) is 18.7 Å². The Morgan fingerprint density at radius 1 is 0.860 bits per heavy atom. The van der Waals surface area contributed by atoms with Crippen LogP contribution in [0.25, 0.3) is 21.8 Å². The van der Waals surface area contributed by atoms with Gasteiger partial charge >= 0.3 is 12.1 Å². The quantitative estimate of drug-likeness (QED) is 0.147. The van der Waals surface area contributed by atoms with Crippen LogP contribution in [0.3, 0.4) is 0 Å². The van der Waals surface area contributed by atoms with Crippen LogP contribution in [0.15, 0.2) is 99.9 Å². The maximum absolute atomic E-state index is 14.7. The first-order valence-electron chi connectivity index (χ1n) is 13.2. The number of fused-ring (bicyclic) bond motifs is 3. The summed E-state index contributed by atoms with van der Waals surface area (Å²) < 4.78 is 63.8. The summed E-state index contributed by atoms with van der Waals surface area (Å²) in [7, 11) is 2.39. The molecule has 5 aromatic rings. The molecule has 0 amide bonds. The molecule has 0 saturated carbocycles. The second kappa shape index (κ2) is 12.6. The molecule has 1 N–H and O–H groups in total. The zero-order valence-electron chi connectivity index (χ0n) is 23.1. The number of rotatable bonds is 10. The third-order valence-electron chi connectivity index (χ3n) is 7.23. The average Bonchev–Trinajstić information content (AvgIpc) is 3.27. The summed E-state index contributed by atoms with van der Waals surface area (Å²) in [5.74, 6) is -0.964. The Labute approximate surface area is 263 Å². The van der Waals surface area contributed by atoms with Crippen LogP contribution in [0.4, 0.5) is 18.9 Å². The molecule has 0 spiro atoms. The molecule has 1 aromatic heterocycles. The summed E-state index contributed by atoms with van der Waals surface area (Å²) >= 11 is 7.06. The zero-order chi connectivity index (χ0) is 30.8. The fourth-order valence-electron chi connectivity index (χ4n) is 5.18. The third kappa shape index (κ3) is 6.11. The number of methoxy groups -OCH3 is 2. The largest absolute Gasteiger partial charge is 0.497 e. The van der Waals surface area contributed by atoms with Gasteiger partial charge in [0.15, 0.2) is 0 Å². The fraction of sp³-hybridized carbons (Fsp3) is 0.219. The Bertz CT molecular complexity index is 1700. The van der Waals surface area contributed by atoms with Crippen molar-refractivity contribution in [1.29, 1.82) is 0 Å². The van der Waals surface area contributed by atoms with E-state index in [9.17, 15) is 18.0 Å². The van der Waals surface area contributed by atoms with Gasteiger partial charge in [-0.25, -0.2) is 4.79 Å². The number of benzene rings is 4. The van der Waals surface area contributed by atoms with E-state index in [1.807, 2.05) is 41.0 Å². The Morgan fingerprint density at radius 3 is 2.05 bits per heavy atom. The van der Waals surface area contributed by atoms with Gasteiger partial charge in [-0.05, 0) is 48.5 Å². The minimum Gasteiger partial charge on any atom is -0.497 e. The van der Waals surface area contributed by atoms with Crippen molar-refractivity contribution in [3.05, 3.63) is 106 Å². The SMILES string of the molecule is COc1cccc(NCC(Cn2c3ccc(Br)cc3c3cc(Br)ccc32)OC(=O)C(OC)(c2ccccc2)C(F)(F)F)c1. The number of alkyl halides is 3. The monoisotopic (exact) mass is 718 g/mol. The molecule has 11 heteroatoms. The summed E-state index contributed by atoms with van der Waals surface area (Å²) in [6, 6.07) is 25.4. The molecule has 2 unspecified atom stereocenters. The highest BCUT2D eigenvalue weighted by atomic mass is 79.9. The molecular formula is C32H27Br2F3N2O4. The Balaban J connectivity index is 1.57. The van der Waals surface area contributed by atoms with Gasteiger partial charge in [0.1, 0.15) is 11.9 Å². The first-order valence-corrected chi connectivity index (χ1v) is 14.8. The summed E-state index contributed by atoms with van der Waals surface area (Å²) in [6.07, 6.45) is -6.15. The molecular weight excluding hydrogens is 693 g/mol. The van der Waals surface area contributed by atoms with E-state index in [1.54, 1.807) is 30.3 Å². The lowest BCUT2D eigenvalue weighted by molar-refractivity contribution is -0.278. The number of ether oxygens (including phenoxy) is 3. The molecule has 4 aromatic carbocycles. The van der Waals surface area contributed by atoms with Crippen LogP contribution in [-0.2, 0) is 26.4 Å². The van der Waals surface area contributed by atoms with Gasteiger partial charge in [-0.1, -0.05) is 68.3 Å². The molecule has 0 fully saturated rings. The molecule has 6 nitrogen and oxygen atoms in total. The van der Waals surface area contributed by atoms with Crippen LogP contribution in [0.1, 0.15) is 5.56 Å². The fourth-order valence-corrected chi connectivity index (χ4v) is 5.90. The van der Waals surface area contributed by atoms with Crippen molar-refractivity contribution in [3.63, 3.8) is 0 Å². The van der Waals surface area contributed by atoms with E-state index >= 15 is 0 Å². The highest BCUT2D eigenvalue weighted by molar-refractivity contribution is 9.10. The van der Waals surface area contributed by atoms with Crippen LogP contribution in [0.5, 0.6) is 5.75 Å². The van der Waals surface area contributed by atoms with Crippen molar-refractivity contribution in [2.45, 2.75) is 24.4 Å². The maximum Gasteiger partial charge on any atom is 0.432 e. The Kier molecular flexibility index (Phi) is 9.05. The van der Waals surface area contributed by atoms with Crippen LogP contribution < -0.4 is 10.1 Å². The van der Waals surface area contributed by atoms with Crippen molar-refractivity contribution >= 4 is 65.3 Å². The van der Waals surface area contributed by atoms with E-state index in [4.69, 9.17) is 14.2 Å². The second-order valence-corrected chi connectivity index (χ2v) is 11.7.